The molecule has 0 bridgehead atoms. The minimum Gasteiger partial charge on any atom is -0.478 e. The number of aromatic nitrogens is 4. The standard InChI is InChI=1S/C26H35N9O9S/c1-24(2,3)42-22(40)27-9-13-10-28-35(33-13)11-14-16(18(36)29-14)31-19(37)17(34-44-26(7-8-26)20(38)39)15-12-45-21(30-15)32-23(41)43-25(4,5)6/h10,12,14,16H,7-9,11H2,1-6H3,(H,27,40)(H,29,36)(H,31,37)(H,38,39)(H,30,32,41)/t14-,16-/m0/s1. The van der Waals surface area contributed by atoms with Gasteiger partial charge in [0.25, 0.3) is 5.91 Å². The molecule has 244 valence electrons. The molecule has 2 atom stereocenters. The molecule has 2 aromatic heterocycles. The minimum absolute atomic E-state index is 0.0306. The van der Waals surface area contributed by atoms with E-state index >= 15 is 0 Å². The molecule has 4 rings (SSSR count). The molecular weight excluding hydrogens is 614 g/mol. The molecule has 18 nitrogen and oxygen atoms in total. The Hall–Kier alpha value is -4.81. The van der Waals surface area contributed by atoms with Crippen molar-refractivity contribution in [2.24, 2.45) is 5.16 Å². The summed E-state index contributed by atoms with van der Waals surface area (Å²) in [7, 11) is 0. The summed E-state index contributed by atoms with van der Waals surface area (Å²) in [5.74, 6) is -2.59. The zero-order valence-corrected chi connectivity index (χ0v) is 26.3. The Bertz CT molecular complexity index is 1500. The first-order chi connectivity index (χ1) is 20.9. The molecule has 45 heavy (non-hydrogen) atoms. The maximum Gasteiger partial charge on any atom is 0.413 e. The minimum atomic E-state index is -1.56. The molecule has 2 fully saturated rings. The van der Waals surface area contributed by atoms with E-state index in [1.54, 1.807) is 41.5 Å². The zero-order chi connectivity index (χ0) is 33.2. The second kappa shape index (κ2) is 12.7. The quantitative estimate of drug-likeness (QED) is 0.131. The molecule has 1 saturated heterocycles. The monoisotopic (exact) mass is 649 g/mol. The van der Waals surface area contributed by atoms with Crippen LogP contribution in [0.1, 0.15) is 65.8 Å². The highest BCUT2D eigenvalue weighted by molar-refractivity contribution is 7.14. The normalized spacial score (nSPS) is 19.0. The van der Waals surface area contributed by atoms with Crippen molar-refractivity contribution in [3.63, 3.8) is 0 Å². The van der Waals surface area contributed by atoms with E-state index in [2.05, 4.69) is 41.6 Å². The number of hydrogen-bond acceptors (Lipinski definition) is 13. The van der Waals surface area contributed by atoms with Gasteiger partial charge in [0.15, 0.2) is 10.8 Å². The molecular formula is C26H35N9O9S. The Balaban J connectivity index is 1.42. The highest BCUT2D eigenvalue weighted by Crippen LogP contribution is 2.40. The number of nitrogens with zero attached hydrogens (tertiary/aromatic N) is 5. The third-order valence-electron chi connectivity index (χ3n) is 6.03. The van der Waals surface area contributed by atoms with E-state index in [1.165, 1.54) is 16.4 Å². The van der Waals surface area contributed by atoms with Crippen LogP contribution in [-0.4, -0.2) is 89.7 Å². The van der Waals surface area contributed by atoms with Crippen LogP contribution in [0, 0.1) is 0 Å². The van der Waals surface area contributed by atoms with Crippen LogP contribution in [0.15, 0.2) is 16.7 Å². The number of ether oxygens (including phenoxy) is 2. The number of oxime groups is 1. The van der Waals surface area contributed by atoms with E-state index in [-0.39, 0.29) is 36.8 Å². The van der Waals surface area contributed by atoms with E-state index < -0.39 is 64.6 Å². The first-order valence-corrected chi connectivity index (χ1v) is 14.7. The van der Waals surface area contributed by atoms with Gasteiger partial charge in [0.05, 0.1) is 25.3 Å². The molecule has 0 aromatic carbocycles. The van der Waals surface area contributed by atoms with Crippen molar-refractivity contribution in [3.8, 4) is 0 Å². The Kier molecular flexibility index (Phi) is 9.31. The molecule has 0 unspecified atom stereocenters. The number of hydrogen-bond donors (Lipinski definition) is 5. The van der Waals surface area contributed by atoms with E-state index in [4.69, 9.17) is 14.3 Å². The Labute approximate surface area is 261 Å². The van der Waals surface area contributed by atoms with Gasteiger partial charge < -0.3 is 35.4 Å². The van der Waals surface area contributed by atoms with Gasteiger partial charge in [0.2, 0.25) is 11.5 Å². The van der Waals surface area contributed by atoms with E-state index in [9.17, 15) is 29.1 Å². The largest absolute Gasteiger partial charge is 0.478 e. The molecule has 4 amide bonds. The highest BCUT2D eigenvalue weighted by atomic mass is 32.1. The molecule has 2 aromatic rings. The number of carbonyl (C=O) groups is 5. The lowest BCUT2D eigenvalue weighted by Crippen LogP contribution is -2.70. The summed E-state index contributed by atoms with van der Waals surface area (Å²) in [6.07, 6.45) is 0.451. The summed E-state index contributed by atoms with van der Waals surface area (Å²) in [6.45, 7) is 10.4. The predicted molar refractivity (Wildman–Crippen MR) is 156 cm³/mol. The number of nitrogens with one attached hydrogen (secondary N) is 4. The number of β-lactam (4-membered cyclic amide) rings is 1. The maximum absolute atomic E-state index is 13.4. The fraction of sp³-hybridized carbons (Fsp3) is 0.577. The number of alkyl carbamates (subject to hydrolysis) is 1. The molecule has 1 aliphatic carbocycles. The summed E-state index contributed by atoms with van der Waals surface area (Å²) >= 11 is 0.968. The Morgan fingerprint density at radius 1 is 1.13 bits per heavy atom. The van der Waals surface area contributed by atoms with Crippen molar-refractivity contribution in [2.75, 3.05) is 5.32 Å². The highest BCUT2D eigenvalue weighted by Gasteiger charge is 2.55. The number of anilines is 1. The van der Waals surface area contributed by atoms with Crippen LogP contribution in [0.3, 0.4) is 0 Å². The van der Waals surface area contributed by atoms with Gasteiger partial charge >= 0.3 is 18.2 Å². The van der Waals surface area contributed by atoms with Gasteiger partial charge in [0.1, 0.15) is 28.6 Å². The van der Waals surface area contributed by atoms with Crippen LogP contribution in [0.5, 0.6) is 0 Å². The van der Waals surface area contributed by atoms with Crippen LogP contribution in [0.4, 0.5) is 14.7 Å². The summed E-state index contributed by atoms with van der Waals surface area (Å²) in [6, 6.07) is -1.64. The molecule has 19 heteroatoms. The molecule has 0 radical (unpaired) electrons. The van der Waals surface area contributed by atoms with Crippen molar-refractivity contribution in [3.05, 3.63) is 23.0 Å². The smallest absolute Gasteiger partial charge is 0.413 e. The fourth-order valence-corrected chi connectivity index (χ4v) is 4.43. The molecule has 5 N–H and O–H groups in total. The number of rotatable bonds is 11. The average molecular weight is 650 g/mol. The third kappa shape index (κ3) is 9.10. The summed E-state index contributed by atoms with van der Waals surface area (Å²) in [5, 5.41) is 33.5. The van der Waals surface area contributed by atoms with Crippen LogP contribution in [0.2, 0.25) is 0 Å². The summed E-state index contributed by atoms with van der Waals surface area (Å²) in [5.41, 5.74) is -2.97. The average Bonchev–Trinajstić information content (AvgIpc) is 3.34. The fourth-order valence-electron chi connectivity index (χ4n) is 3.75. The first kappa shape index (κ1) is 33.1. The number of thiazole rings is 1. The van der Waals surface area contributed by atoms with Crippen molar-refractivity contribution < 1.29 is 43.4 Å². The van der Waals surface area contributed by atoms with Crippen molar-refractivity contribution in [2.45, 2.75) is 96.4 Å². The maximum atomic E-state index is 13.4. The van der Waals surface area contributed by atoms with Gasteiger partial charge in [-0.2, -0.15) is 15.0 Å². The lowest BCUT2D eigenvalue weighted by Gasteiger charge is -2.36. The number of carboxylic acid groups (broad SMARTS) is 1. The van der Waals surface area contributed by atoms with Crippen molar-refractivity contribution >= 4 is 52.2 Å². The first-order valence-electron chi connectivity index (χ1n) is 13.9. The number of carboxylic acids is 1. The topological polar surface area (TPSA) is 237 Å². The van der Waals surface area contributed by atoms with Crippen LogP contribution < -0.4 is 21.3 Å². The van der Waals surface area contributed by atoms with Gasteiger partial charge in [-0.1, -0.05) is 5.16 Å². The van der Waals surface area contributed by atoms with Crippen molar-refractivity contribution in [1.82, 2.24) is 35.9 Å². The zero-order valence-electron chi connectivity index (χ0n) is 25.5. The number of amides is 4. The molecule has 1 saturated carbocycles. The van der Waals surface area contributed by atoms with Gasteiger partial charge in [-0.05, 0) is 41.5 Å². The number of aliphatic carboxylic acids is 1. The SMILES string of the molecule is CC(C)(C)OC(=O)NCc1cnn(C[C@@H]2NC(=O)[C@H]2NC(=O)C(=NOC2(C(=O)O)CC2)c2csc(NC(=O)OC(C)(C)C)n2)n1. The number of carbonyl (C=O) groups excluding carboxylic acids is 4. The van der Waals surface area contributed by atoms with Gasteiger partial charge in [0, 0.05) is 18.2 Å². The summed E-state index contributed by atoms with van der Waals surface area (Å²) < 4.78 is 10.4. The lowest BCUT2D eigenvalue weighted by atomic mass is 9.98. The Morgan fingerprint density at radius 2 is 1.80 bits per heavy atom. The van der Waals surface area contributed by atoms with Gasteiger partial charge in [-0.15, -0.1) is 11.3 Å². The van der Waals surface area contributed by atoms with Gasteiger partial charge in [-0.25, -0.2) is 19.4 Å². The van der Waals surface area contributed by atoms with Crippen molar-refractivity contribution in [1.29, 1.82) is 0 Å². The van der Waals surface area contributed by atoms with E-state index in [0.717, 1.165) is 11.3 Å². The van der Waals surface area contributed by atoms with Crippen LogP contribution >= 0.6 is 11.3 Å². The van der Waals surface area contributed by atoms with E-state index in [0.29, 0.717) is 5.69 Å². The van der Waals surface area contributed by atoms with Gasteiger partial charge in [-0.3, -0.25) is 14.9 Å². The predicted octanol–water partition coefficient (Wildman–Crippen LogP) is 1.13. The Morgan fingerprint density at radius 3 is 2.40 bits per heavy atom. The van der Waals surface area contributed by atoms with Crippen LogP contribution in [-0.2, 0) is 41.8 Å². The summed E-state index contributed by atoms with van der Waals surface area (Å²) in [4.78, 5) is 72.2. The molecule has 1 aliphatic heterocycles. The lowest BCUT2D eigenvalue weighted by molar-refractivity contribution is -0.153. The molecule has 0 spiro atoms. The third-order valence-corrected chi connectivity index (χ3v) is 6.79. The van der Waals surface area contributed by atoms with E-state index in [1.807, 2.05) is 0 Å². The second-order valence-corrected chi connectivity index (χ2v) is 13.2. The second-order valence-electron chi connectivity index (χ2n) is 12.3. The molecule has 3 heterocycles. The molecule has 2 aliphatic rings. The van der Waals surface area contributed by atoms with Crippen LogP contribution in [0.25, 0.3) is 0 Å².